The van der Waals surface area contributed by atoms with Crippen molar-refractivity contribution in [2.75, 3.05) is 6.61 Å². The van der Waals surface area contributed by atoms with Crippen molar-refractivity contribution in [1.29, 1.82) is 0 Å². The third-order valence-electron chi connectivity index (χ3n) is 2.22. The van der Waals surface area contributed by atoms with Gasteiger partial charge in [0, 0.05) is 22.7 Å². The molecule has 0 saturated carbocycles. The van der Waals surface area contributed by atoms with Crippen molar-refractivity contribution < 1.29 is 22.8 Å². The smallest absolute Gasteiger partial charge is 0.361 e. The fourth-order valence-corrected chi connectivity index (χ4v) is 1.44. The monoisotopic (exact) mass is 258 g/mol. The van der Waals surface area contributed by atoms with Crippen LogP contribution in [0.2, 0.25) is 0 Å². The highest BCUT2D eigenvalue weighted by molar-refractivity contribution is 5.97. The van der Waals surface area contributed by atoms with Gasteiger partial charge in [-0.05, 0) is 24.3 Å². The normalized spacial score (nSPS) is 11.7. The van der Waals surface area contributed by atoms with E-state index in [1.165, 1.54) is 6.07 Å². The highest BCUT2D eigenvalue weighted by atomic mass is 19.4. The molecule has 96 valence electrons. The first-order valence-corrected chi connectivity index (χ1v) is 5.02. The van der Waals surface area contributed by atoms with Crippen LogP contribution < -0.4 is 5.48 Å². The number of alkyl halides is 3. The maximum Gasteiger partial charge on any atom is 0.414 e. The molecule has 0 unspecified atom stereocenters. The number of amides is 1. The summed E-state index contributed by atoms with van der Waals surface area (Å²) in [5.74, 6) is -0.720. The van der Waals surface area contributed by atoms with Gasteiger partial charge in [0.1, 0.15) is 0 Å². The number of H-pyrrole nitrogens is 1. The molecule has 2 aromatic rings. The largest absolute Gasteiger partial charge is 0.414 e. The van der Waals surface area contributed by atoms with E-state index in [4.69, 9.17) is 0 Å². The second-order valence-electron chi connectivity index (χ2n) is 3.61. The number of halogens is 3. The summed E-state index contributed by atoms with van der Waals surface area (Å²) in [4.78, 5) is 18.5. The molecule has 0 aliphatic heterocycles. The molecule has 1 aromatic heterocycles. The fourth-order valence-electron chi connectivity index (χ4n) is 1.44. The van der Waals surface area contributed by atoms with E-state index >= 15 is 0 Å². The number of hydrogen-bond acceptors (Lipinski definition) is 2. The summed E-state index contributed by atoms with van der Waals surface area (Å²) in [6.07, 6.45) is -2.77. The number of aromatic amines is 1. The molecule has 2 N–H and O–H groups in total. The summed E-state index contributed by atoms with van der Waals surface area (Å²) < 4.78 is 35.4. The zero-order valence-electron chi connectivity index (χ0n) is 9.04. The molecule has 18 heavy (non-hydrogen) atoms. The van der Waals surface area contributed by atoms with Gasteiger partial charge in [0.25, 0.3) is 5.91 Å². The maximum absolute atomic E-state index is 11.8. The molecule has 0 saturated heterocycles. The Labute approximate surface area is 99.7 Å². The number of hydroxylamine groups is 1. The molecule has 0 fully saturated rings. The molecule has 0 bridgehead atoms. The highest BCUT2D eigenvalue weighted by Crippen LogP contribution is 2.15. The van der Waals surface area contributed by atoms with E-state index in [1.807, 2.05) is 0 Å². The van der Waals surface area contributed by atoms with Crippen molar-refractivity contribution in [2.45, 2.75) is 6.18 Å². The van der Waals surface area contributed by atoms with E-state index in [0.717, 1.165) is 10.9 Å². The van der Waals surface area contributed by atoms with Crippen LogP contribution in [-0.4, -0.2) is 23.7 Å². The Bertz CT molecular complexity index is 563. The average molecular weight is 258 g/mol. The van der Waals surface area contributed by atoms with Gasteiger partial charge < -0.3 is 4.98 Å². The van der Waals surface area contributed by atoms with Crippen LogP contribution in [0.4, 0.5) is 13.2 Å². The van der Waals surface area contributed by atoms with Crippen molar-refractivity contribution in [1.82, 2.24) is 10.5 Å². The highest BCUT2D eigenvalue weighted by Gasteiger charge is 2.28. The molecule has 2 rings (SSSR count). The molecule has 1 amide bonds. The molecule has 4 nitrogen and oxygen atoms in total. The summed E-state index contributed by atoms with van der Waals surface area (Å²) in [7, 11) is 0. The van der Waals surface area contributed by atoms with E-state index in [2.05, 4.69) is 9.82 Å². The lowest BCUT2D eigenvalue weighted by molar-refractivity contribution is -0.184. The van der Waals surface area contributed by atoms with Crippen LogP contribution in [0, 0.1) is 0 Å². The van der Waals surface area contributed by atoms with Crippen molar-refractivity contribution in [3.05, 3.63) is 36.0 Å². The van der Waals surface area contributed by atoms with Crippen LogP contribution >= 0.6 is 0 Å². The zero-order valence-corrected chi connectivity index (χ0v) is 9.04. The van der Waals surface area contributed by atoms with Crippen LogP contribution in [0.15, 0.2) is 30.5 Å². The SMILES string of the molecule is O=C(NOCC(F)(F)F)c1ccc2[nH]ccc2c1. The first kappa shape index (κ1) is 12.4. The standard InChI is InChI=1S/C11H9F3N2O2/c12-11(13,14)6-18-16-10(17)8-1-2-9-7(5-8)3-4-15-9/h1-5,15H,6H2,(H,16,17). The summed E-state index contributed by atoms with van der Waals surface area (Å²) in [5.41, 5.74) is 2.81. The molecule has 1 heterocycles. The van der Waals surface area contributed by atoms with Gasteiger partial charge in [-0.2, -0.15) is 13.2 Å². The summed E-state index contributed by atoms with van der Waals surface area (Å²) in [6.45, 7) is -1.52. The van der Waals surface area contributed by atoms with Gasteiger partial charge in [-0.25, -0.2) is 5.48 Å². The summed E-state index contributed by atoms with van der Waals surface area (Å²) in [5, 5.41) is 0.790. The van der Waals surface area contributed by atoms with Gasteiger partial charge in [-0.1, -0.05) is 0 Å². The Morgan fingerprint density at radius 2 is 2.11 bits per heavy atom. The molecule has 1 aromatic carbocycles. The predicted octanol–water partition coefficient (Wildman–Crippen LogP) is 2.39. The number of rotatable bonds is 3. The minimum atomic E-state index is -4.47. The van der Waals surface area contributed by atoms with E-state index in [1.54, 1.807) is 29.9 Å². The second-order valence-corrected chi connectivity index (χ2v) is 3.61. The fraction of sp³-hybridized carbons (Fsp3) is 0.182. The van der Waals surface area contributed by atoms with Crippen molar-refractivity contribution in [2.24, 2.45) is 0 Å². The first-order chi connectivity index (χ1) is 8.46. The summed E-state index contributed by atoms with van der Waals surface area (Å²) >= 11 is 0. The Hall–Kier alpha value is -2.02. The Morgan fingerprint density at radius 3 is 2.83 bits per heavy atom. The third kappa shape index (κ3) is 3.01. The van der Waals surface area contributed by atoms with E-state index in [0.29, 0.717) is 0 Å². The molecular formula is C11H9F3N2O2. The molecule has 0 spiro atoms. The number of carbonyl (C=O) groups is 1. The average Bonchev–Trinajstić information content (AvgIpc) is 2.73. The van der Waals surface area contributed by atoms with Gasteiger partial charge in [-0.3, -0.25) is 9.63 Å². The second kappa shape index (κ2) is 4.69. The van der Waals surface area contributed by atoms with Crippen molar-refractivity contribution in [3.63, 3.8) is 0 Å². The number of aromatic nitrogens is 1. The molecule has 0 aliphatic carbocycles. The van der Waals surface area contributed by atoms with Gasteiger partial charge in [0.05, 0.1) is 0 Å². The molecule has 0 radical (unpaired) electrons. The lowest BCUT2D eigenvalue weighted by Gasteiger charge is -2.08. The van der Waals surface area contributed by atoms with Crippen LogP contribution in [0.1, 0.15) is 10.4 Å². The van der Waals surface area contributed by atoms with Gasteiger partial charge in [0.15, 0.2) is 6.61 Å². The van der Waals surface area contributed by atoms with Gasteiger partial charge in [-0.15, -0.1) is 0 Å². The lowest BCUT2D eigenvalue weighted by Crippen LogP contribution is -2.29. The molecule has 0 atom stereocenters. The third-order valence-corrected chi connectivity index (χ3v) is 2.22. The van der Waals surface area contributed by atoms with Crippen LogP contribution in [0.25, 0.3) is 10.9 Å². The minimum absolute atomic E-state index is 0.226. The van der Waals surface area contributed by atoms with Crippen LogP contribution in [0.3, 0.4) is 0 Å². The summed E-state index contributed by atoms with van der Waals surface area (Å²) in [6, 6.07) is 6.46. The van der Waals surface area contributed by atoms with Crippen molar-refractivity contribution in [3.8, 4) is 0 Å². The molecule has 0 aliphatic rings. The molecule has 7 heteroatoms. The van der Waals surface area contributed by atoms with Gasteiger partial charge >= 0.3 is 6.18 Å². The molecular weight excluding hydrogens is 249 g/mol. The van der Waals surface area contributed by atoms with E-state index < -0.39 is 18.7 Å². The van der Waals surface area contributed by atoms with Crippen LogP contribution in [0.5, 0.6) is 0 Å². The predicted molar refractivity (Wildman–Crippen MR) is 57.8 cm³/mol. The van der Waals surface area contributed by atoms with E-state index in [-0.39, 0.29) is 5.56 Å². The lowest BCUT2D eigenvalue weighted by atomic mass is 10.1. The quantitative estimate of drug-likeness (QED) is 0.830. The van der Waals surface area contributed by atoms with Crippen LogP contribution in [-0.2, 0) is 4.84 Å². The Morgan fingerprint density at radius 1 is 1.33 bits per heavy atom. The Balaban J connectivity index is 2.00. The number of hydrogen-bond donors (Lipinski definition) is 2. The maximum atomic E-state index is 11.8. The Kier molecular flexibility index (Phi) is 3.24. The topological polar surface area (TPSA) is 54.1 Å². The number of benzene rings is 1. The van der Waals surface area contributed by atoms with E-state index in [9.17, 15) is 18.0 Å². The number of fused-ring (bicyclic) bond motifs is 1. The minimum Gasteiger partial charge on any atom is -0.361 e. The number of carbonyl (C=O) groups excluding carboxylic acids is 1. The number of nitrogens with one attached hydrogen (secondary N) is 2. The van der Waals surface area contributed by atoms with Crippen molar-refractivity contribution >= 4 is 16.8 Å². The van der Waals surface area contributed by atoms with Gasteiger partial charge in [0.2, 0.25) is 0 Å². The zero-order chi connectivity index (χ0) is 13.2. The first-order valence-electron chi connectivity index (χ1n) is 5.02.